The van der Waals surface area contributed by atoms with Gasteiger partial charge in [-0.3, -0.25) is 0 Å². The van der Waals surface area contributed by atoms with Crippen molar-refractivity contribution in [3.63, 3.8) is 0 Å². The Hall–Kier alpha value is -2.41. The Balaban J connectivity index is 1.99. The Bertz CT molecular complexity index is 701. The Morgan fingerprint density at radius 3 is 2.43 bits per heavy atom. The Labute approximate surface area is 138 Å². The van der Waals surface area contributed by atoms with Crippen LogP contribution in [0.1, 0.15) is 31.5 Å². The van der Waals surface area contributed by atoms with Crippen LogP contribution in [-0.2, 0) is 6.54 Å². The van der Waals surface area contributed by atoms with Crippen molar-refractivity contribution < 1.29 is 0 Å². The third-order valence-electron chi connectivity index (χ3n) is 4.56. The summed E-state index contributed by atoms with van der Waals surface area (Å²) in [6.07, 6.45) is 1.25. The Kier molecular flexibility index (Phi) is 4.29. The highest BCUT2D eigenvalue weighted by atomic mass is 15.3. The number of nitrogens with two attached hydrogens (primary N) is 1. The zero-order valence-corrected chi connectivity index (χ0v) is 13.9. The molecule has 1 aromatic heterocycles. The number of nitriles is 1. The highest BCUT2D eigenvalue weighted by molar-refractivity contribution is 5.68. The number of piperidine rings is 1. The van der Waals surface area contributed by atoms with Crippen LogP contribution in [0, 0.1) is 23.2 Å². The molecule has 4 heteroatoms. The second-order valence-electron chi connectivity index (χ2n) is 6.84. The molecule has 120 valence electrons. The number of aromatic nitrogens is 1. The highest BCUT2D eigenvalue weighted by Gasteiger charge is 2.26. The average Bonchev–Trinajstić information content (AvgIpc) is 2.83. The van der Waals surface area contributed by atoms with E-state index in [0.29, 0.717) is 29.8 Å². The predicted molar refractivity (Wildman–Crippen MR) is 94.3 cm³/mol. The quantitative estimate of drug-likeness (QED) is 0.944. The van der Waals surface area contributed by atoms with E-state index in [-0.39, 0.29) is 0 Å². The van der Waals surface area contributed by atoms with E-state index in [2.05, 4.69) is 41.5 Å². The van der Waals surface area contributed by atoms with Crippen molar-refractivity contribution >= 4 is 11.5 Å². The van der Waals surface area contributed by atoms with Gasteiger partial charge in [0.15, 0.2) is 0 Å². The summed E-state index contributed by atoms with van der Waals surface area (Å²) in [4.78, 5) is 2.36. The lowest BCUT2D eigenvalue weighted by Crippen LogP contribution is -2.40. The van der Waals surface area contributed by atoms with Crippen molar-refractivity contribution in [2.45, 2.75) is 26.8 Å². The largest absolute Gasteiger partial charge is 0.396 e. The van der Waals surface area contributed by atoms with Gasteiger partial charge in [-0.25, -0.2) is 0 Å². The van der Waals surface area contributed by atoms with E-state index < -0.39 is 0 Å². The van der Waals surface area contributed by atoms with Gasteiger partial charge in [0.05, 0.1) is 12.2 Å². The van der Waals surface area contributed by atoms with Crippen LogP contribution in [0.25, 0.3) is 0 Å². The summed E-state index contributed by atoms with van der Waals surface area (Å²) in [5, 5.41) is 9.49. The first-order valence-electron chi connectivity index (χ1n) is 8.26. The maximum Gasteiger partial charge on any atom is 0.133 e. The van der Waals surface area contributed by atoms with Crippen LogP contribution in [0.15, 0.2) is 36.4 Å². The van der Waals surface area contributed by atoms with Crippen LogP contribution in [0.3, 0.4) is 0 Å². The van der Waals surface area contributed by atoms with Crippen LogP contribution in [0.4, 0.5) is 11.5 Å². The molecule has 4 nitrogen and oxygen atoms in total. The summed E-state index contributed by atoms with van der Waals surface area (Å²) in [6.45, 7) is 7.25. The molecule has 1 aliphatic rings. The van der Waals surface area contributed by atoms with E-state index in [1.807, 2.05) is 24.3 Å². The lowest BCUT2D eigenvalue weighted by atomic mass is 9.92. The van der Waals surface area contributed by atoms with E-state index >= 15 is 0 Å². The van der Waals surface area contributed by atoms with Gasteiger partial charge in [0, 0.05) is 13.1 Å². The molecule has 2 atom stereocenters. The first-order chi connectivity index (χ1) is 11.1. The second kappa shape index (κ2) is 6.37. The van der Waals surface area contributed by atoms with Crippen molar-refractivity contribution in [1.29, 1.82) is 5.26 Å². The zero-order chi connectivity index (χ0) is 16.4. The van der Waals surface area contributed by atoms with E-state index in [1.165, 1.54) is 12.0 Å². The molecular formula is C19H24N4. The fourth-order valence-electron chi connectivity index (χ4n) is 3.77. The van der Waals surface area contributed by atoms with Gasteiger partial charge < -0.3 is 15.2 Å². The molecule has 3 rings (SSSR count). The topological polar surface area (TPSA) is 58.0 Å². The number of anilines is 2. The van der Waals surface area contributed by atoms with Crippen molar-refractivity contribution in [3.8, 4) is 6.07 Å². The number of hydrogen-bond donors (Lipinski definition) is 1. The van der Waals surface area contributed by atoms with Gasteiger partial charge in [0.25, 0.3) is 0 Å². The third kappa shape index (κ3) is 3.19. The summed E-state index contributed by atoms with van der Waals surface area (Å²) in [6, 6.07) is 14.3. The maximum absolute atomic E-state index is 9.49. The van der Waals surface area contributed by atoms with Gasteiger partial charge in [0.1, 0.15) is 17.6 Å². The number of hydrogen-bond acceptors (Lipinski definition) is 3. The number of nitrogen functional groups attached to an aromatic ring is 1. The van der Waals surface area contributed by atoms with Gasteiger partial charge in [-0.2, -0.15) is 5.26 Å². The molecule has 2 heterocycles. The average molecular weight is 308 g/mol. The summed E-state index contributed by atoms with van der Waals surface area (Å²) in [5.74, 6) is 2.29. The Morgan fingerprint density at radius 2 is 1.83 bits per heavy atom. The minimum absolute atomic E-state index is 0.632. The number of nitrogens with zero attached hydrogens (tertiary/aromatic N) is 3. The normalized spacial score (nSPS) is 21.2. The van der Waals surface area contributed by atoms with Gasteiger partial charge >= 0.3 is 0 Å². The van der Waals surface area contributed by atoms with Crippen LogP contribution >= 0.6 is 0 Å². The zero-order valence-electron chi connectivity index (χ0n) is 13.9. The minimum Gasteiger partial charge on any atom is -0.396 e. The van der Waals surface area contributed by atoms with E-state index in [9.17, 15) is 5.26 Å². The molecule has 1 aliphatic heterocycles. The summed E-state index contributed by atoms with van der Waals surface area (Å²) < 4.78 is 2.06. The van der Waals surface area contributed by atoms with Crippen LogP contribution < -0.4 is 10.6 Å². The first-order valence-corrected chi connectivity index (χ1v) is 8.26. The van der Waals surface area contributed by atoms with Crippen molar-refractivity contribution in [2.75, 3.05) is 23.7 Å². The molecule has 1 fully saturated rings. The minimum atomic E-state index is 0.632. The van der Waals surface area contributed by atoms with E-state index in [1.54, 1.807) is 0 Å². The third-order valence-corrected chi connectivity index (χ3v) is 4.56. The maximum atomic E-state index is 9.49. The van der Waals surface area contributed by atoms with Gasteiger partial charge in [-0.05, 0) is 29.9 Å². The molecule has 1 saturated heterocycles. The summed E-state index contributed by atoms with van der Waals surface area (Å²) in [7, 11) is 0. The fraction of sp³-hybridized carbons (Fsp3) is 0.421. The molecule has 0 spiro atoms. The molecule has 0 saturated carbocycles. The van der Waals surface area contributed by atoms with Gasteiger partial charge in [-0.1, -0.05) is 44.2 Å². The summed E-state index contributed by atoms with van der Waals surface area (Å²) >= 11 is 0. The first kappa shape index (κ1) is 15.5. The lowest BCUT2D eigenvalue weighted by molar-refractivity contribution is 0.353. The molecule has 2 N–H and O–H groups in total. The molecule has 0 unspecified atom stereocenters. The van der Waals surface area contributed by atoms with Crippen molar-refractivity contribution in [2.24, 2.45) is 11.8 Å². The monoisotopic (exact) mass is 308 g/mol. The lowest BCUT2D eigenvalue weighted by Gasteiger charge is -2.37. The molecule has 2 aromatic rings. The number of benzene rings is 1. The van der Waals surface area contributed by atoms with Crippen molar-refractivity contribution in [1.82, 2.24) is 4.57 Å². The van der Waals surface area contributed by atoms with Gasteiger partial charge in [0.2, 0.25) is 0 Å². The number of rotatable bonds is 3. The molecule has 0 bridgehead atoms. The molecule has 0 amide bonds. The van der Waals surface area contributed by atoms with Gasteiger partial charge in [-0.15, -0.1) is 0 Å². The van der Waals surface area contributed by atoms with E-state index in [4.69, 9.17) is 5.73 Å². The molecule has 0 radical (unpaired) electrons. The molecule has 0 aliphatic carbocycles. The molecular weight excluding hydrogens is 284 g/mol. The molecule has 23 heavy (non-hydrogen) atoms. The fourth-order valence-corrected chi connectivity index (χ4v) is 3.77. The van der Waals surface area contributed by atoms with Crippen LogP contribution in [0.2, 0.25) is 0 Å². The highest BCUT2D eigenvalue weighted by Crippen LogP contribution is 2.33. The second-order valence-corrected chi connectivity index (χ2v) is 6.84. The Morgan fingerprint density at radius 1 is 1.17 bits per heavy atom. The SMILES string of the molecule is C[C@H]1C[C@H](C)CN(c2c(N)cc(C#N)n2Cc2ccccc2)C1. The van der Waals surface area contributed by atoms with Crippen LogP contribution in [-0.4, -0.2) is 17.7 Å². The standard InChI is InChI=1S/C19H24N4/c1-14-8-15(2)12-22(11-14)19-18(21)9-17(10-20)23(19)13-16-6-4-3-5-7-16/h3-7,9,14-15H,8,11-13,21H2,1-2H3/t14-,15-/m0/s1. The smallest absolute Gasteiger partial charge is 0.133 e. The van der Waals surface area contributed by atoms with Crippen LogP contribution in [0.5, 0.6) is 0 Å². The van der Waals surface area contributed by atoms with Crippen molar-refractivity contribution in [3.05, 3.63) is 47.7 Å². The molecule has 1 aromatic carbocycles. The summed E-state index contributed by atoms with van der Waals surface area (Å²) in [5.41, 5.74) is 8.80. The predicted octanol–water partition coefficient (Wildman–Crippen LogP) is 3.47. The van der Waals surface area contributed by atoms with E-state index in [0.717, 1.165) is 18.9 Å².